The van der Waals surface area contributed by atoms with Crippen LogP contribution in [0, 0.1) is 16.0 Å². The Bertz CT molecular complexity index is 643. The van der Waals surface area contributed by atoms with Crippen molar-refractivity contribution < 1.29 is 19.6 Å². The van der Waals surface area contributed by atoms with Crippen molar-refractivity contribution in [3.63, 3.8) is 0 Å². The van der Waals surface area contributed by atoms with Gasteiger partial charge in [0.25, 0.3) is 11.6 Å². The number of benzene rings is 1. The quantitative estimate of drug-likeness (QED) is 0.339. The lowest BCUT2D eigenvalue weighted by molar-refractivity contribution is -0.385. The highest BCUT2D eigenvalue weighted by atomic mass is 16.6. The molecule has 22 heavy (non-hydrogen) atoms. The molecule has 1 atom stereocenters. The number of rotatable bonds is 4. The van der Waals surface area contributed by atoms with Crippen LogP contribution in [0.2, 0.25) is 0 Å². The van der Waals surface area contributed by atoms with Crippen LogP contribution in [0.5, 0.6) is 5.75 Å². The molecule has 2 amide bonds. The number of amides is 2. The van der Waals surface area contributed by atoms with E-state index in [-0.39, 0.29) is 17.2 Å². The Labute approximate surface area is 125 Å². The van der Waals surface area contributed by atoms with Crippen LogP contribution in [0.25, 0.3) is 0 Å². The lowest BCUT2D eigenvalue weighted by Crippen LogP contribution is -2.43. The fourth-order valence-electron chi connectivity index (χ4n) is 2.02. The molecule has 2 rings (SSSR count). The maximum absolute atomic E-state index is 11.8. The summed E-state index contributed by atoms with van der Waals surface area (Å²) in [6.07, 6.45) is 2.15. The number of hydrazone groups is 1. The highest BCUT2D eigenvalue weighted by Crippen LogP contribution is 2.19. The van der Waals surface area contributed by atoms with Gasteiger partial charge in [-0.05, 0) is 18.4 Å². The van der Waals surface area contributed by atoms with Crippen LogP contribution in [-0.4, -0.2) is 29.5 Å². The van der Waals surface area contributed by atoms with E-state index in [0.717, 1.165) is 24.4 Å². The number of hydrogen-bond acceptors (Lipinski definition) is 6. The van der Waals surface area contributed by atoms with E-state index in [1.165, 1.54) is 0 Å². The summed E-state index contributed by atoms with van der Waals surface area (Å²) in [5, 5.41) is 28.3. The number of nitro groups is 1. The lowest BCUT2D eigenvalue weighted by Gasteiger charge is -2.19. The third-order valence-electron chi connectivity index (χ3n) is 3.18. The average Bonchev–Trinajstić information content (AvgIpc) is 2.49. The van der Waals surface area contributed by atoms with Crippen molar-refractivity contribution in [1.82, 2.24) is 10.7 Å². The highest BCUT2D eigenvalue weighted by molar-refractivity contribution is 6.01. The smallest absolute Gasteiger partial charge is 0.270 e. The second kappa shape index (κ2) is 6.66. The minimum Gasteiger partial charge on any atom is -0.872 e. The summed E-state index contributed by atoms with van der Waals surface area (Å²) in [5.41, 5.74) is 1.89. The topological polar surface area (TPSA) is 137 Å². The molecule has 1 aromatic rings. The summed E-state index contributed by atoms with van der Waals surface area (Å²) in [6, 6.07) is 3.20. The van der Waals surface area contributed by atoms with Crippen molar-refractivity contribution in [2.24, 2.45) is 11.0 Å². The van der Waals surface area contributed by atoms with Gasteiger partial charge in [0.15, 0.2) is 0 Å². The van der Waals surface area contributed by atoms with E-state index < -0.39 is 22.5 Å². The molecule has 1 saturated heterocycles. The van der Waals surface area contributed by atoms with Crippen molar-refractivity contribution in [3.8, 4) is 5.75 Å². The van der Waals surface area contributed by atoms with E-state index in [1.54, 1.807) is 0 Å². The van der Waals surface area contributed by atoms with Crippen molar-refractivity contribution in [2.45, 2.75) is 12.8 Å². The van der Waals surface area contributed by atoms with Gasteiger partial charge in [-0.15, -0.1) is 0 Å². The van der Waals surface area contributed by atoms with Crippen molar-refractivity contribution in [1.29, 1.82) is 0 Å². The predicted octanol–water partition coefficient (Wildman–Crippen LogP) is -0.355. The number of nitrogens with one attached hydrogen (secondary N) is 2. The molecule has 1 aromatic carbocycles. The van der Waals surface area contributed by atoms with Crippen LogP contribution in [-0.2, 0) is 9.59 Å². The summed E-state index contributed by atoms with van der Waals surface area (Å²) in [6.45, 7) is 0.541. The first-order valence-corrected chi connectivity index (χ1v) is 6.55. The van der Waals surface area contributed by atoms with Gasteiger partial charge in [-0.3, -0.25) is 19.7 Å². The number of carbonyl (C=O) groups excluding carboxylic acids is 2. The van der Waals surface area contributed by atoms with E-state index in [4.69, 9.17) is 0 Å². The Morgan fingerprint density at radius 1 is 1.50 bits per heavy atom. The van der Waals surface area contributed by atoms with Crippen molar-refractivity contribution >= 4 is 23.7 Å². The van der Waals surface area contributed by atoms with E-state index in [2.05, 4.69) is 15.8 Å². The Morgan fingerprint density at radius 3 is 2.95 bits per heavy atom. The molecule has 0 bridgehead atoms. The third-order valence-corrected chi connectivity index (χ3v) is 3.18. The van der Waals surface area contributed by atoms with E-state index in [1.807, 2.05) is 0 Å². The molecule has 0 unspecified atom stereocenters. The van der Waals surface area contributed by atoms with Crippen LogP contribution < -0.4 is 15.8 Å². The Balaban J connectivity index is 2.03. The van der Waals surface area contributed by atoms with Gasteiger partial charge in [0, 0.05) is 18.7 Å². The lowest BCUT2D eigenvalue weighted by atomic mass is 9.98. The largest absolute Gasteiger partial charge is 0.872 e. The van der Waals surface area contributed by atoms with Crippen molar-refractivity contribution in [3.05, 3.63) is 33.9 Å². The fourth-order valence-corrected chi connectivity index (χ4v) is 2.02. The van der Waals surface area contributed by atoms with E-state index in [0.29, 0.717) is 19.4 Å². The van der Waals surface area contributed by atoms with Gasteiger partial charge in [-0.25, -0.2) is 5.43 Å². The van der Waals surface area contributed by atoms with Gasteiger partial charge in [0.1, 0.15) is 5.92 Å². The van der Waals surface area contributed by atoms with Gasteiger partial charge >= 0.3 is 0 Å². The predicted molar refractivity (Wildman–Crippen MR) is 74.0 cm³/mol. The van der Waals surface area contributed by atoms with Gasteiger partial charge in [0.2, 0.25) is 5.91 Å². The molecule has 1 fully saturated rings. The molecule has 0 aliphatic carbocycles. The minimum atomic E-state index is -0.817. The molecular weight excluding hydrogens is 292 g/mol. The fraction of sp³-hybridized carbons (Fsp3) is 0.308. The number of carbonyl (C=O) groups is 2. The maximum atomic E-state index is 11.8. The number of nitro benzene ring substituents is 1. The Kier molecular flexibility index (Phi) is 4.66. The Hall–Kier alpha value is -2.97. The zero-order valence-electron chi connectivity index (χ0n) is 11.4. The second-order valence-electron chi connectivity index (χ2n) is 4.70. The summed E-state index contributed by atoms with van der Waals surface area (Å²) in [5.74, 6) is -2.22. The molecule has 0 aromatic heterocycles. The van der Waals surface area contributed by atoms with Gasteiger partial charge in [0.05, 0.1) is 11.1 Å². The minimum absolute atomic E-state index is 0.0254. The molecule has 0 spiro atoms. The van der Waals surface area contributed by atoms with Crippen LogP contribution in [0.3, 0.4) is 0 Å². The third kappa shape index (κ3) is 3.57. The molecule has 0 saturated carbocycles. The number of non-ortho nitro benzene ring substituents is 1. The highest BCUT2D eigenvalue weighted by Gasteiger charge is 2.28. The normalized spacial score (nSPS) is 18.0. The molecule has 116 valence electrons. The average molecular weight is 305 g/mol. The number of hydrogen-bond donors (Lipinski definition) is 2. The van der Waals surface area contributed by atoms with Gasteiger partial charge in [-0.1, -0.05) is 11.8 Å². The summed E-state index contributed by atoms with van der Waals surface area (Å²) >= 11 is 0. The molecule has 2 N–H and O–H groups in total. The maximum Gasteiger partial charge on any atom is 0.270 e. The zero-order valence-corrected chi connectivity index (χ0v) is 11.4. The van der Waals surface area contributed by atoms with Crippen molar-refractivity contribution in [2.75, 3.05) is 6.54 Å². The number of nitrogens with zero attached hydrogens (tertiary/aromatic N) is 2. The van der Waals surface area contributed by atoms with E-state index >= 15 is 0 Å². The van der Waals surface area contributed by atoms with Crippen LogP contribution >= 0.6 is 0 Å². The summed E-state index contributed by atoms with van der Waals surface area (Å²) in [7, 11) is 0. The first-order chi connectivity index (χ1) is 10.5. The first-order valence-electron chi connectivity index (χ1n) is 6.55. The SMILES string of the molecule is O=C1NCCC[C@H]1C(=O)N/N=C\c1cc([N+](=O)[O-])ccc1[O-]. The molecule has 1 aliphatic heterocycles. The van der Waals surface area contributed by atoms with Crippen LogP contribution in [0.4, 0.5) is 5.69 Å². The second-order valence-corrected chi connectivity index (χ2v) is 4.70. The summed E-state index contributed by atoms with van der Waals surface area (Å²) < 4.78 is 0. The monoisotopic (exact) mass is 305 g/mol. The molecule has 1 heterocycles. The molecule has 1 aliphatic rings. The van der Waals surface area contributed by atoms with Gasteiger partial charge in [-0.2, -0.15) is 5.10 Å². The Morgan fingerprint density at radius 2 is 2.27 bits per heavy atom. The molecular formula is C13H13N4O5-. The van der Waals surface area contributed by atoms with E-state index in [9.17, 15) is 24.8 Å². The number of piperidine rings is 1. The molecule has 0 radical (unpaired) electrons. The van der Waals surface area contributed by atoms with Crippen LogP contribution in [0.1, 0.15) is 18.4 Å². The standard InChI is InChI=1S/C13H14N4O5/c18-11-4-3-9(17(21)22)6-8(11)7-15-16-13(20)10-2-1-5-14-12(10)19/h3-4,6-7,10,18H,1-2,5H2,(H,14,19)(H,16,20)/p-1/b15-7-/t10-/m1/s1. The first kappa shape index (κ1) is 15.4. The molecule has 9 nitrogen and oxygen atoms in total. The molecule has 9 heteroatoms. The van der Waals surface area contributed by atoms with Crippen LogP contribution in [0.15, 0.2) is 23.3 Å². The summed E-state index contributed by atoms with van der Waals surface area (Å²) in [4.78, 5) is 33.3. The van der Waals surface area contributed by atoms with Gasteiger partial charge < -0.3 is 10.4 Å². The zero-order chi connectivity index (χ0) is 16.1.